The van der Waals surface area contributed by atoms with E-state index >= 15 is 0 Å². The van der Waals surface area contributed by atoms with Gasteiger partial charge in [-0.15, -0.1) is 0 Å². The fourth-order valence-electron chi connectivity index (χ4n) is 2.21. The number of amides is 1. The number of rotatable bonds is 6. The lowest BCUT2D eigenvalue weighted by molar-refractivity contribution is -0.149. The third kappa shape index (κ3) is 5.36. The number of carbonyl (C=O) groups excluding carboxylic acids is 2. The van der Waals surface area contributed by atoms with Gasteiger partial charge < -0.3 is 14.8 Å². The van der Waals surface area contributed by atoms with Crippen LogP contribution in [0.4, 0.5) is 5.69 Å². The van der Waals surface area contributed by atoms with Crippen LogP contribution in [0.3, 0.4) is 0 Å². The number of anilines is 1. The van der Waals surface area contributed by atoms with Crippen molar-refractivity contribution >= 4 is 17.6 Å². The van der Waals surface area contributed by atoms with Gasteiger partial charge in [-0.3, -0.25) is 4.79 Å². The van der Waals surface area contributed by atoms with Gasteiger partial charge in [0.25, 0.3) is 5.91 Å². The quantitative estimate of drug-likeness (QED) is 0.818. The molecular formula is C19H18N2O4. The van der Waals surface area contributed by atoms with E-state index < -0.39 is 18.5 Å². The minimum atomic E-state index is -0.636. The summed E-state index contributed by atoms with van der Waals surface area (Å²) in [6.45, 7) is 3.07. The predicted octanol–water partition coefficient (Wildman–Crippen LogP) is 2.74. The topological polar surface area (TPSA) is 88.4 Å². The number of nitrogens with one attached hydrogen (secondary N) is 1. The van der Waals surface area contributed by atoms with Crippen molar-refractivity contribution in [2.24, 2.45) is 0 Å². The van der Waals surface area contributed by atoms with Gasteiger partial charge in [0, 0.05) is 5.69 Å². The molecule has 1 N–H and O–H groups in total. The van der Waals surface area contributed by atoms with Crippen LogP contribution in [0.25, 0.3) is 0 Å². The molecule has 0 aliphatic carbocycles. The first kappa shape index (κ1) is 18.0. The molecule has 0 saturated heterocycles. The maximum absolute atomic E-state index is 11.8. The van der Waals surface area contributed by atoms with Gasteiger partial charge in [0.1, 0.15) is 5.75 Å². The highest BCUT2D eigenvalue weighted by Crippen LogP contribution is 2.22. The minimum Gasteiger partial charge on any atom is -0.481 e. The van der Waals surface area contributed by atoms with E-state index in [9.17, 15) is 9.59 Å². The zero-order valence-corrected chi connectivity index (χ0v) is 14.0. The Labute approximate surface area is 146 Å². The summed E-state index contributed by atoms with van der Waals surface area (Å²) >= 11 is 0. The van der Waals surface area contributed by atoms with Gasteiger partial charge in [0.2, 0.25) is 0 Å². The van der Waals surface area contributed by atoms with E-state index in [1.165, 1.54) is 6.07 Å². The molecule has 0 heterocycles. The lowest BCUT2D eigenvalue weighted by Crippen LogP contribution is -2.23. The summed E-state index contributed by atoms with van der Waals surface area (Å²) in [4.78, 5) is 23.5. The summed E-state index contributed by atoms with van der Waals surface area (Å²) in [6, 6.07) is 14.1. The summed E-state index contributed by atoms with van der Waals surface area (Å²) in [5.74, 6) is -0.490. The van der Waals surface area contributed by atoms with Crippen molar-refractivity contribution in [3.8, 4) is 11.8 Å². The van der Waals surface area contributed by atoms with E-state index in [2.05, 4.69) is 5.32 Å². The first-order valence-electron chi connectivity index (χ1n) is 7.64. The molecule has 6 nitrogen and oxygen atoms in total. The maximum Gasteiger partial charge on any atom is 0.344 e. The van der Waals surface area contributed by atoms with E-state index in [4.69, 9.17) is 14.7 Å². The van der Waals surface area contributed by atoms with Gasteiger partial charge in [-0.2, -0.15) is 5.26 Å². The van der Waals surface area contributed by atoms with E-state index in [-0.39, 0.29) is 6.61 Å². The Morgan fingerprint density at radius 1 is 1.08 bits per heavy atom. The molecule has 2 aromatic rings. The molecule has 0 saturated carbocycles. The summed E-state index contributed by atoms with van der Waals surface area (Å²) < 4.78 is 10.4. The van der Waals surface area contributed by atoms with Crippen LogP contribution in [-0.2, 0) is 14.3 Å². The lowest BCUT2D eigenvalue weighted by atomic mass is 10.1. The largest absolute Gasteiger partial charge is 0.481 e. The Hall–Kier alpha value is -3.33. The Morgan fingerprint density at radius 3 is 2.44 bits per heavy atom. The highest BCUT2D eigenvalue weighted by Gasteiger charge is 2.11. The molecule has 0 aromatic heterocycles. The second-order valence-corrected chi connectivity index (χ2v) is 5.41. The molecular weight excluding hydrogens is 320 g/mol. The molecule has 0 fully saturated rings. The number of aryl methyl sites for hydroxylation is 2. The number of benzene rings is 2. The predicted molar refractivity (Wildman–Crippen MR) is 92.2 cm³/mol. The van der Waals surface area contributed by atoms with Crippen molar-refractivity contribution in [1.29, 1.82) is 5.26 Å². The number of nitrogens with zero attached hydrogens (tertiary/aromatic N) is 1. The molecule has 0 aliphatic rings. The smallest absolute Gasteiger partial charge is 0.344 e. The van der Waals surface area contributed by atoms with E-state index in [1.54, 1.807) is 18.2 Å². The first-order valence-corrected chi connectivity index (χ1v) is 7.64. The zero-order valence-electron chi connectivity index (χ0n) is 14.0. The van der Waals surface area contributed by atoms with Crippen LogP contribution >= 0.6 is 0 Å². The van der Waals surface area contributed by atoms with Crippen LogP contribution in [0.2, 0.25) is 0 Å². The number of para-hydroxylation sites is 1. The van der Waals surface area contributed by atoms with Crippen LogP contribution in [-0.4, -0.2) is 25.1 Å². The highest BCUT2D eigenvalue weighted by molar-refractivity contribution is 5.93. The van der Waals surface area contributed by atoms with Gasteiger partial charge in [-0.1, -0.05) is 24.3 Å². The number of nitriles is 1. The molecule has 0 atom stereocenters. The van der Waals surface area contributed by atoms with Crippen LogP contribution in [0, 0.1) is 25.2 Å². The molecule has 2 rings (SSSR count). The van der Waals surface area contributed by atoms with Gasteiger partial charge in [0.05, 0.1) is 11.6 Å². The molecule has 2 aromatic carbocycles. The second-order valence-electron chi connectivity index (χ2n) is 5.41. The van der Waals surface area contributed by atoms with Crippen molar-refractivity contribution in [2.45, 2.75) is 13.8 Å². The Kier molecular flexibility index (Phi) is 6.13. The normalized spacial score (nSPS) is 9.80. The molecule has 0 radical (unpaired) electrons. The fraction of sp³-hybridized carbons (Fsp3) is 0.211. The fourth-order valence-corrected chi connectivity index (χ4v) is 2.21. The second kappa shape index (κ2) is 8.50. The van der Waals surface area contributed by atoms with Crippen molar-refractivity contribution in [1.82, 2.24) is 0 Å². The van der Waals surface area contributed by atoms with Gasteiger partial charge in [-0.25, -0.2) is 4.79 Å². The van der Waals surface area contributed by atoms with E-state index in [1.807, 2.05) is 38.1 Å². The summed E-state index contributed by atoms with van der Waals surface area (Å²) in [6.07, 6.45) is 0. The average Bonchev–Trinajstić information content (AvgIpc) is 2.59. The number of esters is 1. The SMILES string of the molecule is Cc1cccc(C)c1OCC(=O)OCC(=O)Nc1cccc(C#N)c1. The number of carbonyl (C=O) groups is 2. The molecule has 128 valence electrons. The molecule has 0 bridgehead atoms. The minimum absolute atomic E-state index is 0.275. The van der Waals surface area contributed by atoms with Crippen LogP contribution < -0.4 is 10.1 Å². The summed E-state index contributed by atoms with van der Waals surface area (Å²) in [7, 11) is 0. The van der Waals surface area contributed by atoms with Gasteiger partial charge >= 0.3 is 5.97 Å². The Morgan fingerprint density at radius 2 is 1.76 bits per heavy atom. The number of hydrogen-bond donors (Lipinski definition) is 1. The van der Waals surface area contributed by atoms with Crippen LogP contribution in [0.15, 0.2) is 42.5 Å². The molecule has 25 heavy (non-hydrogen) atoms. The molecule has 0 spiro atoms. The zero-order chi connectivity index (χ0) is 18.2. The third-order valence-corrected chi connectivity index (χ3v) is 3.38. The van der Waals surface area contributed by atoms with Crippen molar-refractivity contribution in [2.75, 3.05) is 18.5 Å². The van der Waals surface area contributed by atoms with Crippen molar-refractivity contribution in [3.63, 3.8) is 0 Å². The Balaban J connectivity index is 1.79. The van der Waals surface area contributed by atoms with Crippen LogP contribution in [0.5, 0.6) is 5.75 Å². The molecule has 0 aliphatic heterocycles. The molecule has 6 heteroatoms. The van der Waals surface area contributed by atoms with E-state index in [0.717, 1.165) is 11.1 Å². The third-order valence-electron chi connectivity index (χ3n) is 3.38. The van der Waals surface area contributed by atoms with E-state index in [0.29, 0.717) is 17.0 Å². The van der Waals surface area contributed by atoms with Gasteiger partial charge in [-0.05, 0) is 43.2 Å². The Bertz CT molecular complexity index is 804. The van der Waals surface area contributed by atoms with Crippen molar-refractivity contribution < 1.29 is 19.1 Å². The highest BCUT2D eigenvalue weighted by atomic mass is 16.6. The number of ether oxygens (including phenoxy) is 2. The number of hydrogen-bond acceptors (Lipinski definition) is 5. The lowest BCUT2D eigenvalue weighted by Gasteiger charge is -2.11. The summed E-state index contributed by atoms with van der Waals surface area (Å²) in [5.41, 5.74) is 2.73. The van der Waals surface area contributed by atoms with Crippen molar-refractivity contribution in [3.05, 3.63) is 59.2 Å². The maximum atomic E-state index is 11.8. The standard InChI is InChI=1S/C19H18N2O4/c1-13-5-3-6-14(2)19(13)25-12-18(23)24-11-17(22)21-16-8-4-7-15(9-16)10-20/h3-9H,11-12H2,1-2H3,(H,21,22). The summed E-state index contributed by atoms with van der Waals surface area (Å²) in [5, 5.41) is 11.4. The first-order chi connectivity index (χ1) is 12.0. The average molecular weight is 338 g/mol. The molecule has 0 unspecified atom stereocenters. The monoisotopic (exact) mass is 338 g/mol. The van der Waals surface area contributed by atoms with Gasteiger partial charge in [0.15, 0.2) is 13.2 Å². The van der Waals surface area contributed by atoms with Crippen LogP contribution in [0.1, 0.15) is 16.7 Å². The molecule has 1 amide bonds.